The zero-order valence-corrected chi connectivity index (χ0v) is 23.2. The monoisotopic (exact) mass is 533 g/mol. The van der Waals surface area contributed by atoms with E-state index in [-0.39, 0.29) is 5.69 Å². The number of nitro groups is 1. The summed E-state index contributed by atoms with van der Waals surface area (Å²) < 4.78 is 5.23. The zero-order chi connectivity index (χ0) is 28.3. The number of non-ortho nitro benzene ring substituents is 1. The smallest absolute Gasteiger partial charge is 0.336 e. The van der Waals surface area contributed by atoms with Gasteiger partial charge < -0.3 is 14.5 Å². The summed E-state index contributed by atoms with van der Waals surface area (Å²) in [4.78, 5) is 39.8. The van der Waals surface area contributed by atoms with E-state index in [1.54, 1.807) is 17.2 Å². The van der Waals surface area contributed by atoms with Gasteiger partial charge in [0.25, 0.3) is 5.69 Å². The molecule has 2 aromatic carbocycles. The molecule has 2 aromatic rings. The van der Waals surface area contributed by atoms with Crippen LogP contribution < -0.4 is 0 Å². The molecule has 2 aliphatic rings. The van der Waals surface area contributed by atoms with Crippen LogP contribution in [0.2, 0.25) is 0 Å². The number of carbonyl (C=O) groups is 1. The molecule has 0 N–H and O–H groups in total. The molecule has 39 heavy (non-hydrogen) atoms. The van der Waals surface area contributed by atoms with Gasteiger partial charge in [-0.15, -0.1) is 5.06 Å². The lowest BCUT2D eigenvalue weighted by atomic mass is 9.79. The summed E-state index contributed by atoms with van der Waals surface area (Å²) in [6.07, 6.45) is 0.424. The van der Waals surface area contributed by atoms with Gasteiger partial charge in [0.15, 0.2) is 6.29 Å². The molecule has 0 aliphatic carbocycles. The predicted molar refractivity (Wildman–Crippen MR) is 148 cm³/mol. The average molecular weight is 534 g/mol. The van der Waals surface area contributed by atoms with Gasteiger partial charge in [0.05, 0.1) is 23.5 Å². The van der Waals surface area contributed by atoms with Crippen molar-refractivity contribution >= 4 is 17.6 Å². The molecule has 2 unspecified atom stereocenters. The maximum Gasteiger partial charge on any atom is 0.336 e. The molecule has 4 rings (SSSR count). The van der Waals surface area contributed by atoms with E-state index in [9.17, 15) is 14.9 Å². The average Bonchev–Trinajstić information content (AvgIpc) is 3.32. The molecule has 206 valence electrons. The molecule has 0 bridgehead atoms. The van der Waals surface area contributed by atoms with Crippen LogP contribution in [0.4, 0.5) is 5.69 Å². The van der Waals surface area contributed by atoms with Crippen LogP contribution in [0.15, 0.2) is 82.1 Å². The fourth-order valence-electron chi connectivity index (χ4n) is 5.31. The quantitative estimate of drug-likeness (QED) is 0.257. The van der Waals surface area contributed by atoms with E-state index in [1.807, 2.05) is 46.1 Å². The first-order chi connectivity index (χ1) is 18.7. The van der Waals surface area contributed by atoms with Crippen molar-refractivity contribution < 1.29 is 19.3 Å². The van der Waals surface area contributed by atoms with E-state index in [0.29, 0.717) is 35.7 Å². The molecule has 10 nitrogen and oxygen atoms in total. The second kappa shape index (κ2) is 11.8. The molecule has 0 saturated heterocycles. The molecule has 0 amide bonds. The third kappa shape index (κ3) is 5.57. The minimum atomic E-state index is -0.671. The Morgan fingerprint density at radius 3 is 2.51 bits per heavy atom. The number of methoxy groups -OCH3 is 1. The molecule has 2 atom stereocenters. The number of hydroxylamine groups is 2. The van der Waals surface area contributed by atoms with Crippen LogP contribution in [-0.2, 0) is 20.9 Å². The van der Waals surface area contributed by atoms with Gasteiger partial charge in [-0.1, -0.05) is 49.4 Å². The van der Waals surface area contributed by atoms with Crippen molar-refractivity contribution in [2.45, 2.75) is 45.9 Å². The van der Waals surface area contributed by atoms with Gasteiger partial charge in [-0.25, -0.2) is 9.79 Å². The number of hydrogen-bond acceptors (Lipinski definition) is 9. The van der Waals surface area contributed by atoms with Crippen LogP contribution in [0.5, 0.6) is 0 Å². The van der Waals surface area contributed by atoms with Gasteiger partial charge in [0, 0.05) is 49.2 Å². The van der Waals surface area contributed by atoms with E-state index in [0.717, 1.165) is 23.4 Å². The maximum atomic E-state index is 13.3. The van der Waals surface area contributed by atoms with Gasteiger partial charge >= 0.3 is 5.97 Å². The number of carbonyl (C=O) groups excluding carboxylic acids is 1. The lowest BCUT2D eigenvalue weighted by Crippen LogP contribution is -2.39. The largest absolute Gasteiger partial charge is 0.466 e. The number of aliphatic imine (C=N–C) groups is 1. The Balaban J connectivity index is 1.85. The number of hydrogen-bond donors (Lipinski definition) is 0. The van der Waals surface area contributed by atoms with Gasteiger partial charge in [-0.05, 0) is 38.4 Å². The molecule has 10 heteroatoms. The van der Waals surface area contributed by atoms with Crippen LogP contribution in [0.25, 0.3) is 0 Å². The Bertz CT molecular complexity index is 1340. The van der Waals surface area contributed by atoms with Crippen LogP contribution in [0.1, 0.15) is 44.2 Å². The first-order valence-corrected chi connectivity index (χ1v) is 12.9. The summed E-state index contributed by atoms with van der Waals surface area (Å²) in [6, 6.07) is 16.4. The summed E-state index contributed by atoms with van der Waals surface area (Å²) >= 11 is 0. The third-order valence-corrected chi connectivity index (χ3v) is 7.12. The molecule has 0 radical (unpaired) electrons. The van der Waals surface area contributed by atoms with E-state index in [1.165, 1.54) is 19.2 Å². The van der Waals surface area contributed by atoms with Crippen molar-refractivity contribution in [2.24, 2.45) is 4.99 Å². The van der Waals surface area contributed by atoms with Gasteiger partial charge in [-0.2, -0.15) is 0 Å². The summed E-state index contributed by atoms with van der Waals surface area (Å²) in [5, 5.41) is 13.3. The molecule has 2 aliphatic heterocycles. The highest BCUT2D eigenvalue weighted by molar-refractivity contribution is 6.02. The van der Waals surface area contributed by atoms with Gasteiger partial charge in [-0.3, -0.25) is 15.0 Å². The lowest BCUT2D eigenvalue weighted by Gasteiger charge is -2.38. The number of rotatable bonds is 9. The van der Waals surface area contributed by atoms with Crippen LogP contribution >= 0.6 is 0 Å². The van der Waals surface area contributed by atoms with Crippen molar-refractivity contribution in [1.82, 2.24) is 14.9 Å². The van der Waals surface area contributed by atoms with Crippen molar-refractivity contribution in [1.29, 1.82) is 0 Å². The maximum absolute atomic E-state index is 13.3. The lowest BCUT2D eigenvalue weighted by molar-refractivity contribution is -0.384. The second-order valence-corrected chi connectivity index (χ2v) is 9.75. The fraction of sp³-hybridized carbons (Fsp3) is 0.379. The molecule has 0 saturated carbocycles. The number of benzene rings is 2. The molecule has 2 heterocycles. The van der Waals surface area contributed by atoms with Crippen LogP contribution in [0.3, 0.4) is 0 Å². The van der Waals surface area contributed by atoms with Crippen molar-refractivity contribution in [3.8, 4) is 0 Å². The highest BCUT2D eigenvalue weighted by Gasteiger charge is 2.43. The Labute approximate surface area is 228 Å². The first kappa shape index (κ1) is 28.0. The second-order valence-electron chi connectivity index (χ2n) is 9.75. The summed E-state index contributed by atoms with van der Waals surface area (Å²) in [5.74, 6) is -0.804. The van der Waals surface area contributed by atoms with Crippen LogP contribution in [0, 0.1) is 10.1 Å². The molecule has 0 spiro atoms. The SMILES string of the molecule is CCCN1C(C)=C(C(=O)OC)C(c2cccc([N+](=O)[O-])c2)C(C2=NC(N(C)Cc3ccccc3)N(C)O2)=C1C. The topological polar surface area (TPSA) is 101 Å². The van der Waals surface area contributed by atoms with Crippen molar-refractivity contribution in [2.75, 3.05) is 27.7 Å². The van der Waals surface area contributed by atoms with E-state index in [2.05, 4.69) is 28.9 Å². The fourth-order valence-corrected chi connectivity index (χ4v) is 5.31. The molecule has 0 aromatic heterocycles. The number of ether oxygens (including phenoxy) is 1. The highest BCUT2D eigenvalue weighted by Crippen LogP contribution is 2.44. The Morgan fingerprint density at radius 2 is 1.87 bits per heavy atom. The Kier molecular flexibility index (Phi) is 8.47. The van der Waals surface area contributed by atoms with Crippen LogP contribution in [-0.4, -0.2) is 65.7 Å². The molecular formula is C29H35N5O5. The Morgan fingerprint density at radius 1 is 1.15 bits per heavy atom. The molecular weight excluding hydrogens is 498 g/mol. The van der Waals surface area contributed by atoms with E-state index in [4.69, 9.17) is 14.6 Å². The molecule has 0 fully saturated rings. The van der Waals surface area contributed by atoms with E-state index >= 15 is 0 Å². The minimum absolute atomic E-state index is 0.0609. The van der Waals surface area contributed by atoms with Crippen molar-refractivity contribution in [3.05, 3.63) is 98.4 Å². The van der Waals surface area contributed by atoms with Crippen molar-refractivity contribution in [3.63, 3.8) is 0 Å². The number of nitrogens with zero attached hydrogens (tertiary/aromatic N) is 5. The summed E-state index contributed by atoms with van der Waals surface area (Å²) in [5.41, 5.74) is 4.36. The minimum Gasteiger partial charge on any atom is -0.466 e. The van der Waals surface area contributed by atoms with E-state index < -0.39 is 23.1 Å². The number of esters is 1. The Hall–Kier alpha value is -4.02. The highest BCUT2D eigenvalue weighted by atomic mass is 16.7. The van der Waals surface area contributed by atoms with Gasteiger partial charge in [0.1, 0.15) is 0 Å². The summed E-state index contributed by atoms with van der Waals surface area (Å²) in [7, 11) is 5.13. The normalized spacial score (nSPS) is 19.9. The zero-order valence-electron chi connectivity index (χ0n) is 23.2. The standard InChI is InChI=1S/C29H35N5O5/c1-7-16-33-19(2)24(27-30-29(32(5)39-27)31(4)18-21-12-9-8-10-13-21)26(25(20(33)3)28(35)38-6)22-14-11-15-23(17-22)34(36)37/h8-15,17,26,29H,7,16,18H2,1-6H3. The number of allylic oxidation sites excluding steroid dienone is 2. The third-order valence-electron chi connectivity index (χ3n) is 7.12. The number of nitro benzene ring substituents is 1. The first-order valence-electron chi connectivity index (χ1n) is 12.9. The predicted octanol–water partition coefficient (Wildman–Crippen LogP) is 4.82. The summed E-state index contributed by atoms with van der Waals surface area (Å²) in [6.45, 7) is 7.24. The van der Waals surface area contributed by atoms with Gasteiger partial charge in [0.2, 0.25) is 5.90 Å².